The second-order valence-corrected chi connectivity index (χ2v) is 12.7. The van der Waals surface area contributed by atoms with Crippen molar-refractivity contribution in [3.05, 3.63) is 105 Å². The number of aliphatic imine (C=N–C) groups is 2. The number of anilines is 1. The third-order valence-electron chi connectivity index (χ3n) is 9.59. The van der Waals surface area contributed by atoms with Gasteiger partial charge >= 0.3 is 0 Å². The fourth-order valence-corrected chi connectivity index (χ4v) is 7.08. The van der Waals surface area contributed by atoms with Gasteiger partial charge in [-0.15, -0.1) is 0 Å². The lowest BCUT2D eigenvalue weighted by Crippen LogP contribution is -2.46. The number of H-pyrrole nitrogens is 1. The number of fused-ring (bicyclic) bond motifs is 5. The highest BCUT2D eigenvalue weighted by Gasteiger charge is 2.42. The topological polar surface area (TPSA) is 140 Å². The lowest BCUT2D eigenvalue weighted by atomic mass is 9.93. The molecule has 5 aliphatic rings. The molecule has 3 N–H and O–H groups in total. The molecule has 1 aromatic heterocycles. The number of hydrogen-bond acceptors (Lipinski definition) is 9. The number of carbonyl (C=O) groups excluding carboxylic acids is 2. The van der Waals surface area contributed by atoms with Crippen LogP contribution in [0, 0.1) is 0 Å². The Morgan fingerprint density at radius 1 is 1.02 bits per heavy atom. The van der Waals surface area contributed by atoms with Crippen LogP contribution in [0.5, 0.6) is 5.75 Å². The molecule has 0 radical (unpaired) electrons. The van der Waals surface area contributed by atoms with Crippen LogP contribution in [0.25, 0.3) is 0 Å². The number of rotatable bonds is 8. The van der Waals surface area contributed by atoms with Crippen molar-refractivity contribution in [2.75, 3.05) is 38.6 Å². The molecule has 11 heteroatoms. The maximum atomic E-state index is 13.4. The van der Waals surface area contributed by atoms with Crippen LogP contribution in [-0.4, -0.2) is 88.6 Å². The minimum absolute atomic E-state index is 0.0404. The van der Waals surface area contributed by atoms with E-state index in [2.05, 4.69) is 21.3 Å². The molecule has 2 unspecified atom stereocenters. The van der Waals surface area contributed by atoms with Crippen molar-refractivity contribution < 1.29 is 19.4 Å². The number of amides is 2. The lowest BCUT2D eigenvalue weighted by molar-refractivity contribution is 0.0516. The summed E-state index contributed by atoms with van der Waals surface area (Å²) in [5.74, 6) is 0.256. The van der Waals surface area contributed by atoms with E-state index < -0.39 is 6.10 Å². The van der Waals surface area contributed by atoms with Crippen LogP contribution in [0.3, 0.4) is 0 Å². The number of aliphatic hydroxyl groups is 1. The predicted octanol–water partition coefficient (Wildman–Crippen LogP) is 3.89. The van der Waals surface area contributed by atoms with Crippen LogP contribution in [0.1, 0.15) is 56.2 Å². The lowest BCUT2D eigenvalue weighted by Gasteiger charge is -2.33. The number of nitrogens with zero attached hydrogens (tertiary/aromatic N) is 4. The van der Waals surface area contributed by atoms with Gasteiger partial charge in [0.1, 0.15) is 18.5 Å². The summed E-state index contributed by atoms with van der Waals surface area (Å²) in [6, 6.07) is 10.8. The Bertz CT molecular complexity index is 2000. The molecule has 2 amide bonds. The number of aliphatic hydroxyl groups excluding tert-OH is 1. The number of hydrogen-bond donors (Lipinski definition) is 3. The van der Waals surface area contributed by atoms with Gasteiger partial charge in [-0.1, -0.05) is 24.3 Å². The van der Waals surface area contributed by atoms with Gasteiger partial charge in [0.25, 0.3) is 17.4 Å². The van der Waals surface area contributed by atoms with Crippen molar-refractivity contribution in [1.29, 1.82) is 0 Å². The van der Waals surface area contributed by atoms with Gasteiger partial charge in [-0.25, -0.2) is 0 Å². The van der Waals surface area contributed by atoms with E-state index >= 15 is 0 Å². The molecule has 5 heterocycles. The number of carbonyl (C=O) groups is 2. The summed E-state index contributed by atoms with van der Waals surface area (Å²) in [5.41, 5.74) is 6.21. The number of imide groups is 1. The summed E-state index contributed by atoms with van der Waals surface area (Å²) < 4.78 is 5.89. The third kappa shape index (κ3) is 5.21. The quantitative estimate of drug-likeness (QED) is 0.321. The van der Waals surface area contributed by atoms with Crippen molar-refractivity contribution in [2.45, 2.75) is 37.3 Å². The summed E-state index contributed by atoms with van der Waals surface area (Å²) in [4.78, 5) is 55.6. The van der Waals surface area contributed by atoms with E-state index in [0.29, 0.717) is 45.9 Å². The smallest absolute Gasteiger partial charge is 0.261 e. The number of piperidine rings is 1. The molecule has 1 saturated heterocycles. The van der Waals surface area contributed by atoms with E-state index in [0.717, 1.165) is 48.5 Å². The van der Waals surface area contributed by atoms with E-state index in [9.17, 15) is 19.5 Å². The zero-order chi connectivity index (χ0) is 32.2. The molecule has 2 aromatic carbocycles. The highest BCUT2D eigenvalue weighted by molar-refractivity contribution is 6.22. The number of pyridine rings is 1. The molecule has 1 fully saturated rings. The minimum Gasteiger partial charge on any atom is -0.491 e. The van der Waals surface area contributed by atoms with Crippen molar-refractivity contribution in [2.24, 2.45) is 9.98 Å². The van der Waals surface area contributed by atoms with Crippen LogP contribution in [-0.2, 0) is 6.42 Å². The molecular weight excluding hydrogens is 596 g/mol. The fraction of sp³-hybridized carbons (Fsp3) is 0.306. The normalized spacial score (nSPS) is 20.5. The zero-order valence-corrected chi connectivity index (χ0v) is 25.9. The minimum atomic E-state index is -0.870. The highest BCUT2D eigenvalue weighted by atomic mass is 16.5. The molecule has 8 rings (SSSR count). The molecule has 11 nitrogen and oxygen atoms in total. The molecular formula is C36H34N6O5. The van der Waals surface area contributed by atoms with Gasteiger partial charge in [0, 0.05) is 37.2 Å². The Labute approximate surface area is 271 Å². The van der Waals surface area contributed by atoms with Gasteiger partial charge < -0.3 is 25.0 Å². The van der Waals surface area contributed by atoms with Crippen LogP contribution >= 0.6 is 0 Å². The summed E-state index contributed by atoms with van der Waals surface area (Å²) >= 11 is 0. The second kappa shape index (κ2) is 11.6. The van der Waals surface area contributed by atoms with Gasteiger partial charge in [0.05, 0.1) is 45.2 Å². The Morgan fingerprint density at radius 2 is 1.83 bits per heavy atom. The highest BCUT2D eigenvalue weighted by Crippen LogP contribution is 2.40. The number of likely N-dealkylation sites (tertiary alicyclic amines) is 1. The van der Waals surface area contributed by atoms with E-state index in [4.69, 9.17) is 14.7 Å². The number of nitrogens with one attached hydrogen (secondary N) is 2. The van der Waals surface area contributed by atoms with Gasteiger partial charge in [0.15, 0.2) is 0 Å². The molecule has 238 valence electrons. The van der Waals surface area contributed by atoms with Gasteiger partial charge in [-0.3, -0.25) is 29.3 Å². The standard InChI is InChI=1S/C36H34N6O5/c1-41-12-9-21(10-13-41)42-35(45)26-14-20-15-32(40-30(20)17-27(26)36(42)46)33-29(8-11-37-34(33)44)38-18-22(43)19-47-23-6-7-25-24-4-2-3-5-28(24)39-31(25)16-23/h2-8,11,14,16-17,21-22,24,43H,9-10,12-13,15,18-19H2,1H3,(H2,37,38,44). The molecule has 2 atom stereocenters. The first-order chi connectivity index (χ1) is 22.8. The second-order valence-electron chi connectivity index (χ2n) is 12.7. The van der Waals surface area contributed by atoms with Crippen LogP contribution < -0.4 is 15.6 Å². The molecule has 47 heavy (non-hydrogen) atoms. The maximum absolute atomic E-state index is 13.4. The number of aromatic amines is 1. The summed E-state index contributed by atoms with van der Waals surface area (Å²) in [6.07, 6.45) is 10.7. The average Bonchev–Trinajstić information content (AvgIpc) is 3.73. The van der Waals surface area contributed by atoms with Crippen molar-refractivity contribution in [3.63, 3.8) is 0 Å². The van der Waals surface area contributed by atoms with Gasteiger partial charge in [-0.05, 0) is 74.4 Å². The molecule has 4 aliphatic heterocycles. The number of allylic oxidation sites excluding steroid dienone is 4. The van der Waals surface area contributed by atoms with Crippen molar-refractivity contribution >= 4 is 40.3 Å². The third-order valence-corrected chi connectivity index (χ3v) is 9.59. The summed E-state index contributed by atoms with van der Waals surface area (Å²) in [5, 5.41) is 13.9. The summed E-state index contributed by atoms with van der Waals surface area (Å²) in [6.45, 7) is 1.86. The number of ether oxygens (including phenoxy) is 1. The number of aromatic nitrogens is 1. The van der Waals surface area contributed by atoms with Crippen LogP contribution in [0.15, 0.2) is 81.7 Å². The fourth-order valence-electron chi connectivity index (χ4n) is 7.08. The zero-order valence-electron chi connectivity index (χ0n) is 25.9. The summed E-state index contributed by atoms with van der Waals surface area (Å²) in [7, 11) is 2.04. The first kappa shape index (κ1) is 29.3. The monoisotopic (exact) mass is 630 g/mol. The predicted molar refractivity (Wildman–Crippen MR) is 179 cm³/mol. The van der Waals surface area contributed by atoms with Crippen LogP contribution in [0.4, 0.5) is 17.1 Å². The van der Waals surface area contributed by atoms with E-state index in [1.165, 1.54) is 11.1 Å². The Kier molecular flexibility index (Phi) is 7.22. The Morgan fingerprint density at radius 3 is 2.66 bits per heavy atom. The van der Waals surface area contributed by atoms with E-state index in [-0.39, 0.29) is 42.5 Å². The largest absolute Gasteiger partial charge is 0.491 e. The van der Waals surface area contributed by atoms with E-state index in [1.54, 1.807) is 18.2 Å². The Hall–Kier alpha value is -5.13. The van der Waals surface area contributed by atoms with Gasteiger partial charge in [-0.2, -0.15) is 0 Å². The van der Waals surface area contributed by atoms with Crippen LogP contribution in [0.2, 0.25) is 0 Å². The molecule has 0 spiro atoms. The SMILES string of the molecule is CN1CCC(N2C(=O)c3cc4c(cc3C2=O)N=C(c2c(NCC(O)COc3ccc5c(c3)N=C3C=CC=CC35)cc[nH]c2=O)C4)CC1. The van der Waals surface area contributed by atoms with E-state index in [1.807, 2.05) is 43.5 Å². The number of benzene rings is 2. The maximum Gasteiger partial charge on any atom is 0.261 e. The molecule has 3 aromatic rings. The first-order valence-corrected chi connectivity index (χ1v) is 16.0. The van der Waals surface area contributed by atoms with Gasteiger partial charge in [0.2, 0.25) is 0 Å². The Balaban J connectivity index is 0.943. The first-order valence-electron chi connectivity index (χ1n) is 16.0. The molecule has 1 aliphatic carbocycles. The molecule has 0 bridgehead atoms. The van der Waals surface area contributed by atoms with Crippen molar-refractivity contribution in [1.82, 2.24) is 14.8 Å². The van der Waals surface area contributed by atoms with Crippen molar-refractivity contribution in [3.8, 4) is 5.75 Å². The average molecular weight is 631 g/mol. The molecule has 0 saturated carbocycles.